The summed E-state index contributed by atoms with van der Waals surface area (Å²) in [5.41, 5.74) is 3.17. The molecule has 0 radical (unpaired) electrons. The molecule has 1 amide bonds. The molecule has 0 spiro atoms. The number of nitrogens with zero attached hydrogens (tertiary/aromatic N) is 9. The molecule has 4 heterocycles. The van der Waals surface area contributed by atoms with E-state index in [9.17, 15) is 10.1 Å². The van der Waals surface area contributed by atoms with Gasteiger partial charge in [0.05, 0.1) is 37.8 Å². The maximum Gasteiger partial charge on any atom is 0.253 e. The average Bonchev–Trinajstić information content (AvgIpc) is 3.43. The molecule has 2 saturated heterocycles. The molecule has 2 atom stereocenters. The van der Waals surface area contributed by atoms with Crippen molar-refractivity contribution in [2.24, 2.45) is 0 Å². The fraction of sp³-hybridized carbons (Fsp3) is 0.435. The third-order valence-corrected chi connectivity index (χ3v) is 6.60. The Morgan fingerprint density at radius 1 is 1.26 bits per heavy atom. The highest BCUT2D eigenvalue weighted by Crippen LogP contribution is 2.33. The minimum atomic E-state index is -0.123. The Bertz CT molecular complexity index is 1240. The molecule has 35 heavy (non-hydrogen) atoms. The SMILES string of the molecule is COc1ccc(C2CN3CCN(C(=O)Cc4cnc(-n5cnnn5)nc4)CC3CO2)c(C)c1C#N. The molecule has 2 aliphatic heterocycles. The van der Waals surface area contributed by atoms with Gasteiger partial charge in [0, 0.05) is 38.6 Å². The van der Waals surface area contributed by atoms with Gasteiger partial charge in [-0.3, -0.25) is 9.69 Å². The Balaban J connectivity index is 1.19. The lowest BCUT2D eigenvalue weighted by Crippen LogP contribution is -2.59. The van der Waals surface area contributed by atoms with Crippen molar-refractivity contribution in [1.82, 2.24) is 40.0 Å². The number of morpholine rings is 1. The van der Waals surface area contributed by atoms with Crippen LogP contribution in [0.3, 0.4) is 0 Å². The normalized spacial score (nSPS) is 20.2. The van der Waals surface area contributed by atoms with Gasteiger partial charge >= 0.3 is 0 Å². The number of nitriles is 1. The zero-order valence-electron chi connectivity index (χ0n) is 19.5. The zero-order valence-corrected chi connectivity index (χ0v) is 19.5. The van der Waals surface area contributed by atoms with Crippen LogP contribution in [0.2, 0.25) is 0 Å². The quantitative estimate of drug-likeness (QED) is 0.512. The van der Waals surface area contributed by atoms with Gasteiger partial charge in [-0.1, -0.05) is 6.07 Å². The first-order valence-corrected chi connectivity index (χ1v) is 11.3. The second kappa shape index (κ2) is 9.73. The van der Waals surface area contributed by atoms with Gasteiger partial charge < -0.3 is 14.4 Å². The summed E-state index contributed by atoms with van der Waals surface area (Å²) in [5, 5.41) is 20.4. The van der Waals surface area contributed by atoms with Crippen molar-refractivity contribution in [3.05, 3.63) is 53.1 Å². The Morgan fingerprint density at radius 2 is 2.09 bits per heavy atom. The van der Waals surface area contributed by atoms with Gasteiger partial charge in [-0.05, 0) is 40.1 Å². The highest BCUT2D eigenvalue weighted by molar-refractivity contribution is 5.78. The molecule has 180 valence electrons. The fourth-order valence-corrected chi connectivity index (χ4v) is 4.66. The Morgan fingerprint density at radius 3 is 2.80 bits per heavy atom. The number of fused-ring (bicyclic) bond motifs is 1. The highest BCUT2D eigenvalue weighted by Gasteiger charge is 2.36. The minimum absolute atomic E-state index is 0.0372. The third-order valence-electron chi connectivity index (χ3n) is 6.60. The molecule has 1 aromatic carbocycles. The number of methoxy groups -OCH3 is 1. The molecule has 2 aliphatic rings. The molecule has 3 aromatic rings. The summed E-state index contributed by atoms with van der Waals surface area (Å²) in [6, 6.07) is 6.18. The molecule has 2 aromatic heterocycles. The van der Waals surface area contributed by atoms with Crippen LogP contribution in [0, 0.1) is 18.3 Å². The molecule has 12 heteroatoms. The van der Waals surface area contributed by atoms with Gasteiger partial charge in [0.15, 0.2) is 0 Å². The largest absolute Gasteiger partial charge is 0.495 e. The highest BCUT2D eigenvalue weighted by atomic mass is 16.5. The number of piperazine rings is 1. The number of rotatable bonds is 5. The van der Waals surface area contributed by atoms with E-state index < -0.39 is 0 Å². The van der Waals surface area contributed by atoms with Crippen molar-refractivity contribution in [3.8, 4) is 17.8 Å². The van der Waals surface area contributed by atoms with E-state index in [0.717, 1.165) is 29.8 Å². The number of tetrazole rings is 1. The summed E-state index contributed by atoms with van der Waals surface area (Å²) in [6.45, 7) is 5.20. The van der Waals surface area contributed by atoms with E-state index in [1.807, 2.05) is 24.0 Å². The van der Waals surface area contributed by atoms with E-state index in [1.54, 1.807) is 19.5 Å². The summed E-state index contributed by atoms with van der Waals surface area (Å²) in [6.07, 6.45) is 4.77. The van der Waals surface area contributed by atoms with Gasteiger partial charge in [-0.15, -0.1) is 5.10 Å². The van der Waals surface area contributed by atoms with Crippen LogP contribution in [0.4, 0.5) is 0 Å². The van der Waals surface area contributed by atoms with Crippen LogP contribution in [-0.4, -0.2) is 91.8 Å². The lowest BCUT2D eigenvalue weighted by Gasteiger charge is -2.46. The van der Waals surface area contributed by atoms with E-state index in [2.05, 4.69) is 36.5 Å². The maximum atomic E-state index is 12.9. The topological polar surface area (TPSA) is 135 Å². The van der Waals surface area contributed by atoms with Crippen molar-refractivity contribution in [1.29, 1.82) is 5.26 Å². The number of carbonyl (C=O) groups excluding carboxylic acids is 1. The molecule has 2 fully saturated rings. The molecule has 0 bridgehead atoms. The van der Waals surface area contributed by atoms with Crippen LogP contribution in [-0.2, 0) is 16.0 Å². The van der Waals surface area contributed by atoms with Gasteiger partial charge in [0.2, 0.25) is 5.91 Å². The molecular formula is C23H25N9O3. The fourth-order valence-electron chi connectivity index (χ4n) is 4.66. The number of ether oxygens (including phenoxy) is 2. The van der Waals surface area contributed by atoms with Crippen molar-refractivity contribution in [3.63, 3.8) is 0 Å². The molecule has 0 aliphatic carbocycles. The van der Waals surface area contributed by atoms with Crippen LogP contribution in [0.15, 0.2) is 30.9 Å². The Labute approximate surface area is 202 Å². The predicted molar refractivity (Wildman–Crippen MR) is 122 cm³/mol. The van der Waals surface area contributed by atoms with E-state index in [-0.39, 0.29) is 24.5 Å². The van der Waals surface area contributed by atoms with Crippen molar-refractivity contribution in [2.75, 3.05) is 39.9 Å². The summed E-state index contributed by atoms with van der Waals surface area (Å²) in [4.78, 5) is 25.7. The van der Waals surface area contributed by atoms with Crippen LogP contribution in [0.25, 0.3) is 5.95 Å². The smallest absolute Gasteiger partial charge is 0.253 e. The van der Waals surface area contributed by atoms with Crippen LogP contribution >= 0.6 is 0 Å². The van der Waals surface area contributed by atoms with Crippen LogP contribution < -0.4 is 4.74 Å². The molecule has 2 unspecified atom stereocenters. The standard InChI is InChI=1S/C23H25N9O3/c1-15-18(3-4-20(34-2)19(15)8-24)21-12-30-5-6-31(11-17(30)13-35-21)22(33)7-16-9-25-23(26-10-16)32-14-27-28-29-32/h3-4,9-10,14,17,21H,5-7,11-13H2,1-2H3. The molecule has 12 nitrogen and oxygen atoms in total. The maximum absolute atomic E-state index is 12.9. The van der Waals surface area contributed by atoms with E-state index in [1.165, 1.54) is 11.0 Å². The van der Waals surface area contributed by atoms with Gasteiger partial charge in [-0.25, -0.2) is 9.97 Å². The Kier molecular flexibility index (Phi) is 6.35. The van der Waals surface area contributed by atoms with Crippen LogP contribution in [0.1, 0.15) is 28.4 Å². The minimum Gasteiger partial charge on any atom is -0.495 e. The predicted octanol–water partition coefficient (Wildman–Crippen LogP) is 0.468. The van der Waals surface area contributed by atoms with Crippen molar-refractivity contribution >= 4 is 5.91 Å². The summed E-state index contributed by atoms with van der Waals surface area (Å²) < 4.78 is 12.9. The first-order valence-electron chi connectivity index (χ1n) is 11.3. The zero-order chi connectivity index (χ0) is 24.4. The monoisotopic (exact) mass is 475 g/mol. The second-order valence-corrected chi connectivity index (χ2v) is 8.60. The van der Waals surface area contributed by atoms with Crippen LogP contribution in [0.5, 0.6) is 5.75 Å². The van der Waals surface area contributed by atoms with Gasteiger partial charge in [0.25, 0.3) is 5.95 Å². The number of aromatic nitrogens is 6. The lowest BCUT2D eigenvalue weighted by molar-refractivity contribution is -0.139. The summed E-state index contributed by atoms with van der Waals surface area (Å²) in [7, 11) is 1.57. The van der Waals surface area contributed by atoms with Crippen molar-refractivity contribution < 1.29 is 14.3 Å². The molecule has 0 N–H and O–H groups in total. The second-order valence-electron chi connectivity index (χ2n) is 8.60. The van der Waals surface area contributed by atoms with E-state index in [4.69, 9.17) is 9.47 Å². The molecule has 0 saturated carbocycles. The number of hydrogen-bond donors (Lipinski definition) is 0. The van der Waals surface area contributed by atoms with Gasteiger partial charge in [0.1, 0.15) is 18.1 Å². The summed E-state index contributed by atoms with van der Waals surface area (Å²) >= 11 is 0. The first kappa shape index (κ1) is 22.8. The molecular weight excluding hydrogens is 450 g/mol. The first-order chi connectivity index (χ1) is 17.1. The third kappa shape index (κ3) is 4.55. The lowest BCUT2D eigenvalue weighted by atomic mass is 9.96. The molecule has 5 rings (SSSR count). The van der Waals surface area contributed by atoms with E-state index >= 15 is 0 Å². The summed E-state index contributed by atoms with van der Waals surface area (Å²) in [5.74, 6) is 0.961. The number of hydrogen-bond acceptors (Lipinski definition) is 10. The van der Waals surface area contributed by atoms with Crippen molar-refractivity contribution in [2.45, 2.75) is 25.5 Å². The van der Waals surface area contributed by atoms with E-state index in [0.29, 0.717) is 37.0 Å². The number of carbonyl (C=O) groups is 1. The average molecular weight is 476 g/mol. The Hall–Kier alpha value is -3.95. The number of benzene rings is 1. The van der Waals surface area contributed by atoms with Gasteiger partial charge in [-0.2, -0.15) is 9.94 Å². The number of amides is 1.